The fourth-order valence-corrected chi connectivity index (χ4v) is 2.04. The molecule has 0 saturated heterocycles. The van der Waals surface area contributed by atoms with Gasteiger partial charge in [0, 0.05) is 24.3 Å². The lowest BCUT2D eigenvalue weighted by atomic mass is 10.0. The van der Waals surface area contributed by atoms with Crippen LogP contribution in [0.5, 0.6) is 0 Å². The first-order valence-corrected chi connectivity index (χ1v) is 8.56. The third kappa shape index (κ3) is 10.9. The average molecular weight is 326 g/mol. The van der Waals surface area contributed by atoms with Crippen LogP contribution in [0.3, 0.4) is 0 Å². The molecule has 0 unspecified atom stereocenters. The van der Waals surface area contributed by atoms with Gasteiger partial charge in [-0.25, -0.2) is 0 Å². The molecule has 134 valence electrons. The van der Waals surface area contributed by atoms with Gasteiger partial charge in [0.1, 0.15) is 0 Å². The van der Waals surface area contributed by atoms with Crippen molar-refractivity contribution in [2.24, 2.45) is 11.8 Å². The summed E-state index contributed by atoms with van der Waals surface area (Å²) in [6.45, 7) is 13.4. The maximum atomic E-state index is 12.1. The summed E-state index contributed by atoms with van der Waals surface area (Å²) < 4.78 is 0. The van der Waals surface area contributed by atoms with Crippen molar-refractivity contribution >= 4 is 17.6 Å². The van der Waals surface area contributed by atoms with E-state index in [-0.39, 0.29) is 29.1 Å². The summed E-state index contributed by atoms with van der Waals surface area (Å²) in [7, 11) is 0. The molecule has 5 heteroatoms. The Hall–Kier alpha value is -1.39. The lowest BCUT2D eigenvalue weighted by Gasteiger charge is -2.21. The summed E-state index contributed by atoms with van der Waals surface area (Å²) in [6.07, 6.45) is 2.10. The number of hydrogen-bond donors (Lipinski definition) is 2. The molecule has 0 fully saturated rings. The third-order valence-corrected chi connectivity index (χ3v) is 3.58. The van der Waals surface area contributed by atoms with Crippen LogP contribution in [0.1, 0.15) is 74.1 Å². The molecule has 0 aliphatic heterocycles. The highest BCUT2D eigenvalue weighted by molar-refractivity contribution is 5.89. The van der Waals surface area contributed by atoms with Crippen molar-refractivity contribution in [2.45, 2.75) is 85.7 Å². The summed E-state index contributed by atoms with van der Waals surface area (Å²) in [5.74, 6) is 0.0186. The Morgan fingerprint density at radius 3 is 1.96 bits per heavy atom. The van der Waals surface area contributed by atoms with Crippen LogP contribution in [-0.4, -0.2) is 29.2 Å². The lowest BCUT2D eigenvalue weighted by Crippen LogP contribution is -2.42. The fraction of sp³-hybridized carbons (Fsp3) is 0.833. The van der Waals surface area contributed by atoms with Crippen LogP contribution >= 0.6 is 0 Å². The Balaban J connectivity index is 4.19. The quantitative estimate of drug-likeness (QED) is 0.684. The molecule has 0 aromatic rings. The molecule has 5 nitrogen and oxygen atoms in total. The molecule has 23 heavy (non-hydrogen) atoms. The normalized spacial score (nSPS) is 14.3. The summed E-state index contributed by atoms with van der Waals surface area (Å²) in [4.78, 5) is 35.8. The van der Waals surface area contributed by atoms with E-state index < -0.39 is 6.04 Å². The third-order valence-electron chi connectivity index (χ3n) is 3.58. The van der Waals surface area contributed by atoms with E-state index in [9.17, 15) is 14.4 Å². The predicted octanol–water partition coefficient (Wildman–Crippen LogP) is 2.83. The van der Waals surface area contributed by atoms with E-state index in [4.69, 9.17) is 0 Å². The van der Waals surface area contributed by atoms with Gasteiger partial charge >= 0.3 is 0 Å². The van der Waals surface area contributed by atoms with Crippen molar-refractivity contribution in [2.75, 3.05) is 0 Å². The zero-order valence-corrected chi connectivity index (χ0v) is 15.8. The summed E-state index contributed by atoms with van der Waals surface area (Å²) in [5.41, 5.74) is -0.264. The maximum Gasteiger partial charge on any atom is 0.223 e. The largest absolute Gasteiger partial charge is 0.352 e. The number of amides is 2. The average Bonchev–Trinajstić information content (AvgIpc) is 2.39. The van der Waals surface area contributed by atoms with Gasteiger partial charge in [0.25, 0.3) is 0 Å². The van der Waals surface area contributed by atoms with Crippen LogP contribution in [0.15, 0.2) is 0 Å². The number of carbonyl (C=O) groups excluding carboxylic acids is 3. The van der Waals surface area contributed by atoms with Crippen LogP contribution in [0, 0.1) is 11.8 Å². The second-order valence-electron chi connectivity index (χ2n) is 7.87. The van der Waals surface area contributed by atoms with E-state index >= 15 is 0 Å². The van der Waals surface area contributed by atoms with Gasteiger partial charge in [-0.15, -0.1) is 0 Å². The standard InChI is InChI=1S/C18H34N2O3/c1-12(2)8-10-15(21)14(4)19-17(23)13(3)9-11-16(22)20-18(5,6)7/h12-14H,8-11H2,1-7H3,(H,19,23)(H,20,22)/t13-,14-/m0/s1. The number of rotatable bonds is 9. The second kappa shape index (κ2) is 9.68. The second-order valence-corrected chi connectivity index (χ2v) is 7.87. The molecule has 0 rings (SSSR count). The van der Waals surface area contributed by atoms with Gasteiger partial charge in [0.15, 0.2) is 5.78 Å². The molecule has 2 amide bonds. The van der Waals surface area contributed by atoms with Gasteiger partial charge in [-0.3, -0.25) is 14.4 Å². The predicted molar refractivity (Wildman–Crippen MR) is 93.0 cm³/mol. The maximum absolute atomic E-state index is 12.1. The van der Waals surface area contributed by atoms with Gasteiger partial charge < -0.3 is 10.6 Å². The van der Waals surface area contributed by atoms with Crippen LogP contribution in [0.25, 0.3) is 0 Å². The molecule has 0 aliphatic carbocycles. The minimum Gasteiger partial charge on any atom is -0.352 e. The Bertz CT molecular complexity index is 411. The smallest absolute Gasteiger partial charge is 0.223 e. The molecule has 0 saturated carbocycles. The molecular formula is C18H34N2O3. The number of carbonyl (C=O) groups is 3. The summed E-state index contributed by atoms with van der Waals surface area (Å²) in [5, 5.41) is 5.63. The molecular weight excluding hydrogens is 292 g/mol. The number of Topliss-reactive ketones (excluding diaryl/α,β-unsaturated/α-hetero) is 1. The molecule has 0 aliphatic rings. The van der Waals surface area contributed by atoms with E-state index in [0.717, 1.165) is 6.42 Å². The molecule has 0 aromatic heterocycles. The Kier molecular flexibility index (Phi) is 9.10. The summed E-state index contributed by atoms with van der Waals surface area (Å²) in [6, 6.07) is -0.466. The van der Waals surface area contributed by atoms with Crippen LogP contribution < -0.4 is 10.6 Å². The van der Waals surface area contributed by atoms with Crippen molar-refractivity contribution in [3.05, 3.63) is 0 Å². The zero-order chi connectivity index (χ0) is 18.2. The van der Waals surface area contributed by atoms with E-state index in [2.05, 4.69) is 24.5 Å². The highest BCUT2D eigenvalue weighted by atomic mass is 16.2. The molecule has 0 radical (unpaired) electrons. The first-order valence-electron chi connectivity index (χ1n) is 8.56. The molecule has 0 spiro atoms. The number of nitrogens with one attached hydrogen (secondary N) is 2. The van der Waals surface area contributed by atoms with Crippen molar-refractivity contribution in [1.29, 1.82) is 0 Å². The highest BCUT2D eigenvalue weighted by Crippen LogP contribution is 2.09. The van der Waals surface area contributed by atoms with Crippen molar-refractivity contribution in [3.63, 3.8) is 0 Å². The molecule has 2 N–H and O–H groups in total. The van der Waals surface area contributed by atoms with Crippen LogP contribution in [-0.2, 0) is 14.4 Å². The molecule has 0 heterocycles. The van der Waals surface area contributed by atoms with Gasteiger partial charge in [-0.2, -0.15) is 0 Å². The van der Waals surface area contributed by atoms with Gasteiger partial charge in [-0.1, -0.05) is 20.8 Å². The molecule has 2 atom stereocenters. The van der Waals surface area contributed by atoms with E-state index in [0.29, 0.717) is 25.2 Å². The first kappa shape index (κ1) is 21.6. The van der Waals surface area contributed by atoms with Crippen molar-refractivity contribution < 1.29 is 14.4 Å². The van der Waals surface area contributed by atoms with E-state index in [1.54, 1.807) is 13.8 Å². The highest BCUT2D eigenvalue weighted by Gasteiger charge is 2.21. The van der Waals surface area contributed by atoms with Crippen LogP contribution in [0.2, 0.25) is 0 Å². The fourth-order valence-electron chi connectivity index (χ4n) is 2.04. The van der Waals surface area contributed by atoms with Gasteiger partial charge in [-0.05, 0) is 46.5 Å². The minimum atomic E-state index is -0.466. The lowest BCUT2D eigenvalue weighted by molar-refractivity contribution is -0.130. The Morgan fingerprint density at radius 2 is 1.48 bits per heavy atom. The van der Waals surface area contributed by atoms with Crippen LogP contribution in [0.4, 0.5) is 0 Å². The Morgan fingerprint density at radius 1 is 0.913 bits per heavy atom. The minimum absolute atomic E-state index is 0.0572. The van der Waals surface area contributed by atoms with Crippen molar-refractivity contribution in [1.82, 2.24) is 10.6 Å². The Labute approximate surface area is 141 Å². The van der Waals surface area contributed by atoms with E-state index in [1.807, 2.05) is 20.8 Å². The summed E-state index contributed by atoms with van der Waals surface area (Å²) >= 11 is 0. The topological polar surface area (TPSA) is 75.3 Å². The number of hydrogen-bond acceptors (Lipinski definition) is 3. The van der Waals surface area contributed by atoms with Gasteiger partial charge in [0.2, 0.25) is 11.8 Å². The van der Waals surface area contributed by atoms with E-state index in [1.165, 1.54) is 0 Å². The molecule has 0 bridgehead atoms. The molecule has 0 aromatic carbocycles. The first-order chi connectivity index (χ1) is 10.4. The van der Waals surface area contributed by atoms with Gasteiger partial charge in [0.05, 0.1) is 6.04 Å². The monoisotopic (exact) mass is 326 g/mol. The van der Waals surface area contributed by atoms with Crippen molar-refractivity contribution in [3.8, 4) is 0 Å². The number of ketones is 1. The SMILES string of the molecule is CC(C)CCC(=O)[C@H](C)NC(=O)[C@@H](C)CCC(=O)NC(C)(C)C. The zero-order valence-electron chi connectivity index (χ0n) is 15.8.